The summed E-state index contributed by atoms with van der Waals surface area (Å²) < 4.78 is 25.5. The normalized spacial score (nSPS) is 21.6. The molecule has 11 heteroatoms. The van der Waals surface area contributed by atoms with Crippen LogP contribution in [0.3, 0.4) is 0 Å². The summed E-state index contributed by atoms with van der Waals surface area (Å²) >= 11 is 0. The van der Waals surface area contributed by atoms with E-state index < -0.39 is 18.0 Å². The number of piperazine rings is 1. The number of hydrogen-bond acceptors (Lipinski definition) is 6. The molecular formula is C21H28FN5O5. The fourth-order valence-corrected chi connectivity index (χ4v) is 4.11. The van der Waals surface area contributed by atoms with Crippen LogP contribution >= 0.6 is 0 Å². The SMILES string of the molecule is CC(=O)NC[C@H]1CN(c2ccc(N3CCN(C(=O)N4CCOCC4)CC3)c(F)c2)C(=O)O1. The standard InChI is InChI=1S/C21H28FN5O5/c1-15(28)23-13-17-14-27(21(30)32-17)16-2-3-19(18(22)12-16)24-4-6-25(7-5-24)20(29)26-8-10-31-11-9-26/h2-3,12,17H,4-11,13-14H2,1H3,(H,23,28)/t17-/m0/s1. The predicted octanol–water partition coefficient (Wildman–Crippen LogP) is 0.861. The van der Waals surface area contributed by atoms with E-state index in [1.807, 2.05) is 4.90 Å². The molecule has 0 spiro atoms. The Bertz CT molecular complexity index is 870. The molecule has 4 amide bonds. The number of halogens is 1. The van der Waals surface area contributed by atoms with E-state index in [9.17, 15) is 18.8 Å². The van der Waals surface area contributed by atoms with E-state index in [0.29, 0.717) is 63.9 Å². The first kappa shape index (κ1) is 22.1. The first-order valence-electron chi connectivity index (χ1n) is 10.8. The van der Waals surface area contributed by atoms with E-state index in [1.165, 1.54) is 17.9 Å². The highest BCUT2D eigenvalue weighted by Gasteiger charge is 2.33. The summed E-state index contributed by atoms with van der Waals surface area (Å²) in [5.74, 6) is -0.643. The zero-order valence-corrected chi connectivity index (χ0v) is 18.1. The van der Waals surface area contributed by atoms with Crippen molar-refractivity contribution in [2.45, 2.75) is 13.0 Å². The molecular weight excluding hydrogens is 421 g/mol. The molecule has 0 unspecified atom stereocenters. The lowest BCUT2D eigenvalue weighted by Gasteiger charge is -2.39. The fourth-order valence-electron chi connectivity index (χ4n) is 4.11. The average molecular weight is 449 g/mol. The molecule has 3 aliphatic rings. The van der Waals surface area contributed by atoms with E-state index >= 15 is 0 Å². The van der Waals surface area contributed by atoms with Crippen LogP contribution in [0.25, 0.3) is 0 Å². The van der Waals surface area contributed by atoms with Crippen LogP contribution in [-0.4, -0.2) is 99.5 Å². The number of anilines is 2. The van der Waals surface area contributed by atoms with Gasteiger partial charge in [0.05, 0.1) is 37.7 Å². The predicted molar refractivity (Wildman–Crippen MR) is 114 cm³/mol. The number of amides is 4. The zero-order valence-electron chi connectivity index (χ0n) is 18.1. The minimum Gasteiger partial charge on any atom is -0.442 e. The second-order valence-corrected chi connectivity index (χ2v) is 8.05. The molecule has 32 heavy (non-hydrogen) atoms. The zero-order chi connectivity index (χ0) is 22.7. The third kappa shape index (κ3) is 4.87. The van der Waals surface area contributed by atoms with Crippen LogP contribution < -0.4 is 15.1 Å². The largest absolute Gasteiger partial charge is 0.442 e. The number of benzene rings is 1. The third-order valence-corrected chi connectivity index (χ3v) is 5.87. The van der Waals surface area contributed by atoms with Gasteiger partial charge in [-0.25, -0.2) is 14.0 Å². The van der Waals surface area contributed by atoms with Gasteiger partial charge in [0.1, 0.15) is 11.9 Å². The maximum Gasteiger partial charge on any atom is 0.414 e. The Morgan fingerprint density at radius 2 is 1.78 bits per heavy atom. The lowest BCUT2D eigenvalue weighted by atomic mass is 10.2. The van der Waals surface area contributed by atoms with Crippen LogP contribution in [0.5, 0.6) is 0 Å². The number of carbonyl (C=O) groups is 3. The second kappa shape index (κ2) is 9.60. The van der Waals surface area contributed by atoms with Crippen molar-refractivity contribution in [2.75, 3.05) is 75.4 Å². The topological polar surface area (TPSA) is 94.7 Å². The summed E-state index contributed by atoms with van der Waals surface area (Å²) in [6.07, 6.45) is -1.05. The van der Waals surface area contributed by atoms with Crippen molar-refractivity contribution in [3.05, 3.63) is 24.0 Å². The van der Waals surface area contributed by atoms with Crippen molar-refractivity contribution in [1.82, 2.24) is 15.1 Å². The van der Waals surface area contributed by atoms with Gasteiger partial charge < -0.3 is 29.5 Å². The molecule has 10 nitrogen and oxygen atoms in total. The Morgan fingerprint density at radius 3 is 2.44 bits per heavy atom. The number of morpholine rings is 1. The highest BCUT2D eigenvalue weighted by molar-refractivity contribution is 5.90. The maximum absolute atomic E-state index is 14.9. The lowest BCUT2D eigenvalue weighted by Crippen LogP contribution is -2.55. The Morgan fingerprint density at radius 1 is 1.09 bits per heavy atom. The summed E-state index contributed by atoms with van der Waals surface area (Å²) in [5, 5.41) is 2.62. The number of carbonyl (C=O) groups excluding carboxylic acids is 3. The fraction of sp³-hybridized carbons (Fsp3) is 0.571. The van der Waals surface area contributed by atoms with Crippen molar-refractivity contribution in [3.8, 4) is 0 Å². The molecule has 0 radical (unpaired) electrons. The van der Waals surface area contributed by atoms with E-state index in [2.05, 4.69) is 5.32 Å². The molecule has 3 saturated heterocycles. The maximum atomic E-state index is 14.9. The molecule has 1 atom stereocenters. The van der Waals surface area contributed by atoms with Gasteiger partial charge in [-0.05, 0) is 18.2 Å². The monoisotopic (exact) mass is 449 g/mol. The quantitative estimate of drug-likeness (QED) is 0.733. The number of rotatable bonds is 4. The van der Waals surface area contributed by atoms with E-state index in [-0.39, 0.29) is 25.0 Å². The van der Waals surface area contributed by atoms with Gasteiger partial charge in [-0.2, -0.15) is 0 Å². The number of urea groups is 1. The number of nitrogens with zero attached hydrogens (tertiary/aromatic N) is 4. The number of nitrogens with one attached hydrogen (secondary N) is 1. The van der Waals surface area contributed by atoms with Crippen LogP contribution in [0.1, 0.15) is 6.92 Å². The third-order valence-electron chi connectivity index (χ3n) is 5.87. The van der Waals surface area contributed by atoms with Gasteiger partial charge >= 0.3 is 12.1 Å². The number of ether oxygens (including phenoxy) is 2. The molecule has 3 heterocycles. The van der Waals surface area contributed by atoms with Gasteiger partial charge in [0, 0.05) is 46.2 Å². The molecule has 0 bridgehead atoms. The molecule has 1 aromatic rings. The molecule has 0 aromatic heterocycles. The summed E-state index contributed by atoms with van der Waals surface area (Å²) in [5.41, 5.74) is 0.845. The first-order valence-corrected chi connectivity index (χ1v) is 10.8. The minimum atomic E-state index is -0.567. The summed E-state index contributed by atoms with van der Waals surface area (Å²) in [7, 11) is 0. The Labute approximate surface area is 185 Å². The van der Waals surface area contributed by atoms with Crippen molar-refractivity contribution >= 4 is 29.4 Å². The van der Waals surface area contributed by atoms with Crippen molar-refractivity contribution in [1.29, 1.82) is 0 Å². The van der Waals surface area contributed by atoms with Crippen LogP contribution in [-0.2, 0) is 14.3 Å². The van der Waals surface area contributed by atoms with E-state index in [1.54, 1.807) is 21.9 Å². The Balaban J connectivity index is 1.34. The van der Waals surface area contributed by atoms with Crippen LogP contribution in [0, 0.1) is 5.82 Å². The van der Waals surface area contributed by atoms with Gasteiger partial charge in [-0.1, -0.05) is 0 Å². The van der Waals surface area contributed by atoms with Crippen LogP contribution in [0.2, 0.25) is 0 Å². The van der Waals surface area contributed by atoms with Gasteiger partial charge in [-0.3, -0.25) is 9.69 Å². The molecule has 1 N–H and O–H groups in total. The van der Waals surface area contributed by atoms with E-state index in [0.717, 1.165) is 0 Å². The van der Waals surface area contributed by atoms with Gasteiger partial charge in [0.25, 0.3) is 0 Å². The molecule has 3 fully saturated rings. The van der Waals surface area contributed by atoms with Crippen molar-refractivity contribution in [2.24, 2.45) is 0 Å². The highest BCUT2D eigenvalue weighted by Crippen LogP contribution is 2.28. The molecule has 174 valence electrons. The van der Waals surface area contributed by atoms with E-state index in [4.69, 9.17) is 9.47 Å². The van der Waals surface area contributed by atoms with Gasteiger partial charge in [0.2, 0.25) is 5.91 Å². The Kier molecular flexibility index (Phi) is 6.63. The number of cyclic esters (lactones) is 1. The molecule has 0 aliphatic carbocycles. The Hall–Kier alpha value is -3.08. The van der Waals surface area contributed by atoms with Crippen LogP contribution in [0.4, 0.5) is 25.4 Å². The summed E-state index contributed by atoms with van der Waals surface area (Å²) in [6, 6.07) is 4.66. The molecule has 4 rings (SSSR count). The summed E-state index contributed by atoms with van der Waals surface area (Å²) in [6.45, 7) is 6.23. The smallest absolute Gasteiger partial charge is 0.414 e. The van der Waals surface area contributed by atoms with Crippen molar-refractivity contribution < 1.29 is 28.2 Å². The van der Waals surface area contributed by atoms with Gasteiger partial charge in [-0.15, -0.1) is 0 Å². The second-order valence-electron chi connectivity index (χ2n) is 8.05. The summed E-state index contributed by atoms with van der Waals surface area (Å²) in [4.78, 5) is 42.7. The first-order chi connectivity index (χ1) is 15.4. The molecule has 3 aliphatic heterocycles. The molecule has 1 aromatic carbocycles. The molecule has 0 saturated carbocycles. The minimum absolute atomic E-state index is 0.00475. The van der Waals surface area contributed by atoms with Crippen molar-refractivity contribution in [3.63, 3.8) is 0 Å². The van der Waals surface area contributed by atoms with Gasteiger partial charge in [0.15, 0.2) is 0 Å². The van der Waals surface area contributed by atoms with Crippen LogP contribution in [0.15, 0.2) is 18.2 Å². The average Bonchev–Trinajstić information content (AvgIpc) is 3.18. The number of hydrogen-bond donors (Lipinski definition) is 1. The lowest BCUT2D eigenvalue weighted by molar-refractivity contribution is -0.119. The highest BCUT2D eigenvalue weighted by atomic mass is 19.1.